The van der Waals surface area contributed by atoms with Gasteiger partial charge < -0.3 is 4.74 Å². The van der Waals surface area contributed by atoms with Gasteiger partial charge in [-0.2, -0.15) is 0 Å². The number of benzene rings is 1. The molecule has 0 aliphatic heterocycles. The third-order valence-corrected chi connectivity index (χ3v) is 3.37. The molecule has 0 spiro atoms. The van der Waals surface area contributed by atoms with Gasteiger partial charge in [-0.3, -0.25) is 4.90 Å². The lowest BCUT2D eigenvalue weighted by Crippen LogP contribution is -2.45. The SMILES string of the molecule is C=C=C[C@H](C(C)C)N(C/C=C/c1ccccc1)C(=O)OC(C)(C)C. The molecule has 3 nitrogen and oxygen atoms in total. The summed E-state index contributed by atoms with van der Waals surface area (Å²) in [6.07, 6.45) is 5.48. The predicted molar refractivity (Wildman–Crippen MR) is 101 cm³/mol. The lowest BCUT2D eigenvalue weighted by molar-refractivity contribution is 0.0190. The first-order valence-corrected chi connectivity index (χ1v) is 8.31. The zero-order valence-corrected chi connectivity index (χ0v) is 15.5. The predicted octanol–water partition coefficient (Wildman–Crippen LogP) is 5.30. The molecule has 0 fully saturated rings. The van der Waals surface area contributed by atoms with Crippen LogP contribution in [0.25, 0.3) is 6.08 Å². The monoisotopic (exact) mass is 327 g/mol. The molecule has 0 aromatic heterocycles. The second-order valence-corrected chi connectivity index (χ2v) is 7.05. The van der Waals surface area contributed by atoms with Crippen molar-refractivity contribution in [2.24, 2.45) is 5.92 Å². The van der Waals surface area contributed by atoms with E-state index in [1.807, 2.05) is 69.3 Å². The summed E-state index contributed by atoms with van der Waals surface area (Å²) in [7, 11) is 0. The molecule has 0 aliphatic carbocycles. The van der Waals surface area contributed by atoms with Crippen LogP contribution >= 0.6 is 0 Å². The zero-order chi connectivity index (χ0) is 18.2. The van der Waals surface area contributed by atoms with Crippen LogP contribution in [-0.4, -0.2) is 29.2 Å². The van der Waals surface area contributed by atoms with Crippen molar-refractivity contribution >= 4 is 12.2 Å². The normalized spacial score (nSPS) is 12.8. The smallest absolute Gasteiger partial charge is 0.411 e. The van der Waals surface area contributed by atoms with Gasteiger partial charge in [0.25, 0.3) is 0 Å². The summed E-state index contributed by atoms with van der Waals surface area (Å²) in [6.45, 7) is 13.9. The molecule has 1 aromatic carbocycles. The molecule has 1 aromatic rings. The first-order valence-electron chi connectivity index (χ1n) is 8.31. The van der Waals surface area contributed by atoms with E-state index < -0.39 is 5.60 Å². The molecule has 1 rings (SSSR count). The van der Waals surface area contributed by atoms with Gasteiger partial charge in [0.15, 0.2) is 0 Å². The fourth-order valence-electron chi connectivity index (χ4n) is 2.27. The summed E-state index contributed by atoms with van der Waals surface area (Å²) in [6, 6.07) is 9.90. The first-order chi connectivity index (χ1) is 11.2. The third-order valence-electron chi connectivity index (χ3n) is 3.37. The number of nitrogens with zero attached hydrogens (tertiary/aromatic N) is 1. The van der Waals surface area contributed by atoms with E-state index in [0.29, 0.717) is 6.54 Å². The minimum Gasteiger partial charge on any atom is -0.444 e. The van der Waals surface area contributed by atoms with Crippen molar-refractivity contribution in [1.29, 1.82) is 0 Å². The third kappa shape index (κ3) is 6.89. The Labute approximate surface area is 146 Å². The maximum absolute atomic E-state index is 12.6. The largest absolute Gasteiger partial charge is 0.444 e. The van der Waals surface area contributed by atoms with E-state index in [1.54, 1.807) is 4.90 Å². The molecule has 24 heavy (non-hydrogen) atoms. The molecule has 1 atom stereocenters. The van der Waals surface area contributed by atoms with Gasteiger partial charge in [0, 0.05) is 6.54 Å². The van der Waals surface area contributed by atoms with Crippen molar-refractivity contribution in [3.05, 3.63) is 60.4 Å². The van der Waals surface area contributed by atoms with Crippen LogP contribution < -0.4 is 0 Å². The molecule has 3 heteroatoms. The molecule has 0 saturated carbocycles. The molecule has 1 amide bonds. The molecule has 0 aliphatic rings. The molecule has 0 bridgehead atoms. The fourth-order valence-corrected chi connectivity index (χ4v) is 2.27. The Bertz CT molecular complexity index is 590. The molecule has 130 valence electrons. The van der Waals surface area contributed by atoms with Crippen LogP contribution in [0.5, 0.6) is 0 Å². The number of carbonyl (C=O) groups excluding carboxylic acids is 1. The minimum atomic E-state index is -0.530. The van der Waals surface area contributed by atoms with Gasteiger partial charge in [0.05, 0.1) is 6.04 Å². The van der Waals surface area contributed by atoms with E-state index in [0.717, 1.165) is 5.56 Å². The van der Waals surface area contributed by atoms with E-state index in [1.165, 1.54) is 0 Å². The summed E-state index contributed by atoms with van der Waals surface area (Å²) in [5.74, 6) is 0.233. The highest BCUT2D eigenvalue weighted by Crippen LogP contribution is 2.17. The van der Waals surface area contributed by atoms with Crippen molar-refractivity contribution in [2.45, 2.75) is 46.3 Å². The van der Waals surface area contributed by atoms with Crippen molar-refractivity contribution in [3.63, 3.8) is 0 Å². The van der Waals surface area contributed by atoms with Crippen molar-refractivity contribution in [3.8, 4) is 0 Å². The lowest BCUT2D eigenvalue weighted by atomic mass is 10.0. The molecule has 0 N–H and O–H groups in total. The maximum Gasteiger partial charge on any atom is 0.411 e. The van der Waals surface area contributed by atoms with Gasteiger partial charge in [-0.15, -0.1) is 5.73 Å². The molecular weight excluding hydrogens is 298 g/mol. The number of rotatable bonds is 6. The number of hydrogen-bond donors (Lipinski definition) is 0. The summed E-state index contributed by atoms with van der Waals surface area (Å²) >= 11 is 0. The van der Waals surface area contributed by atoms with Gasteiger partial charge in [0.1, 0.15) is 5.60 Å². The summed E-state index contributed by atoms with van der Waals surface area (Å²) in [5, 5.41) is 0. The van der Waals surface area contributed by atoms with Crippen LogP contribution in [0.4, 0.5) is 4.79 Å². The summed E-state index contributed by atoms with van der Waals surface area (Å²) < 4.78 is 5.57. The van der Waals surface area contributed by atoms with Gasteiger partial charge in [-0.25, -0.2) is 4.79 Å². The molecule has 0 radical (unpaired) electrons. The average molecular weight is 327 g/mol. The van der Waals surface area contributed by atoms with Crippen LogP contribution in [-0.2, 0) is 4.74 Å². The topological polar surface area (TPSA) is 29.5 Å². The quantitative estimate of drug-likeness (QED) is 0.663. The van der Waals surface area contributed by atoms with E-state index in [4.69, 9.17) is 4.74 Å². The highest BCUT2D eigenvalue weighted by molar-refractivity contribution is 5.69. The highest BCUT2D eigenvalue weighted by Gasteiger charge is 2.28. The van der Waals surface area contributed by atoms with Crippen LogP contribution in [0.1, 0.15) is 40.2 Å². The Morgan fingerprint density at radius 1 is 1.29 bits per heavy atom. The summed E-state index contributed by atoms with van der Waals surface area (Å²) in [5.41, 5.74) is 3.38. The van der Waals surface area contributed by atoms with Crippen molar-refractivity contribution in [2.75, 3.05) is 6.54 Å². The zero-order valence-electron chi connectivity index (χ0n) is 15.5. The van der Waals surface area contributed by atoms with E-state index >= 15 is 0 Å². The Morgan fingerprint density at radius 2 is 1.92 bits per heavy atom. The molecule has 0 heterocycles. The maximum atomic E-state index is 12.6. The minimum absolute atomic E-state index is 0.113. The molecular formula is C21H29NO2. The van der Waals surface area contributed by atoms with Crippen LogP contribution in [0.3, 0.4) is 0 Å². The fraction of sp³-hybridized carbons (Fsp3) is 0.429. The van der Waals surface area contributed by atoms with Gasteiger partial charge in [-0.1, -0.05) is 62.9 Å². The van der Waals surface area contributed by atoms with Gasteiger partial charge in [0.2, 0.25) is 0 Å². The van der Waals surface area contributed by atoms with Crippen molar-refractivity contribution in [1.82, 2.24) is 4.90 Å². The van der Waals surface area contributed by atoms with E-state index in [-0.39, 0.29) is 18.1 Å². The van der Waals surface area contributed by atoms with E-state index in [9.17, 15) is 4.79 Å². The van der Waals surface area contributed by atoms with Crippen LogP contribution in [0.15, 0.2) is 54.8 Å². The first kappa shape index (κ1) is 19.8. The number of carbonyl (C=O) groups is 1. The second-order valence-electron chi connectivity index (χ2n) is 7.05. The van der Waals surface area contributed by atoms with Crippen molar-refractivity contribution < 1.29 is 9.53 Å². The summed E-state index contributed by atoms with van der Waals surface area (Å²) in [4.78, 5) is 14.3. The number of amides is 1. The second kappa shape index (κ2) is 9.14. The Hall–Kier alpha value is -2.25. The standard InChI is InChI=1S/C21H29NO2/c1-7-12-19(17(2)3)22(20(23)24-21(4,5)6)16-11-15-18-13-9-8-10-14-18/h8-15,17,19H,1,16H2,2-6H3/b15-11+/t19-/m1/s1. The Kier molecular flexibility index (Phi) is 7.54. The molecule has 0 unspecified atom stereocenters. The van der Waals surface area contributed by atoms with E-state index in [2.05, 4.69) is 26.2 Å². The van der Waals surface area contributed by atoms with Gasteiger partial charge in [-0.05, 0) is 38.3 Å². The average Bonchev–Trinajstić information content (AvgIpc) is 2.49. The van der Waals surface area contributed by atoms with Gasteiger partial charge >= 0.3 is 6.09 Å². The Morgan fingerprint density at radius 3 is 2.42 bits per heavy atom. The Balaban J connectivity index is 2.97. The number of ether oxygens (including phenoxy) is 1. The molecule has 0 saturated heterocycles. The lowest BCUT2D eigenvalue weighted by Gasteiger charge is -2.33. The van der Waals surface area contributed by atoms with Crippen LogP contribution in [0.2, 0.25) is 0 Å². The van der Waals surface area contributed by atoms with Crippen LogP contribution in [0, 0.1) is 5.92 Å². The highest BCUT2D eigenvalue weighted by atomic mass is 16.6. The number of hydrogen-bond acceptors (Lipinski definition) is 2.